The first-order valence-electron chi connectivity index (χ1n) is 4.38. The number of nitriles is 1. The van der Waals surface area contributed by atoms with Crippen LogP contribution in [0.25, 0.3) is 0 Å². The Balaban J connectivity index is 2.41. The predicted octanol–water partition coefficient (Wildman–Crippen LogP) is 1.16. The molecule has 0 unspecified atom stereocenters. The summed E-state index contributed by atoms with van der Waals surface area (Å²) in [6.07, 6.45) is 2.32. The largest absolute Gasteiger partial charge is 0.342 e. The summed E-state index contributed by atoms with van der Waals surface area (Å²) in [6.45, 7) is 3.82. The Kier molecular flexibility index (Phi) is 3.09. The second kappa shape index (κ2) is 4.10. The molecule has 1 fully saturated rings. The van der Waals surface area contributed by atoms with Crippen molar-refractivity contribution in [1.29, 1.82) is 5.26 Å². The number of carbonyl (C=O) groups is 1. The van der Waals surface area contributed by atoms with Crippen LogP contribution in [0.3, 0.4) is 0 Å². The number of hydrogen-bond donors (Lipinski definition) is 0. The molecule has 0 N–H and O–H groups in total. The zero-order valence-electron chi connectivity index (χ0n) is 7.42. The standard InChI is InChI=1S/C9H14N2O/c1-8-3-2-6-11(7-8)9(12)4-5-10/h8H,2-4,6-7H2,1H3/t8-/m1/s1. The minimum atomic E-state index is -0.0101. The Labute approximate surface area is 73.0 Å². The Morgan fingerprint density at radius 3 is 3.08 bits per heavy atom. The molecular weight excluding hydrogens is 152 g/mol. The number of rotatable bonds is 1. The summed E-state index contributed by atoms with van der Waals surface area (Å²) in [5, 5.41) is 8.34. The van der Waals surface area contributed by atoms with Crippen LogP contribution in [0, 0.1) is 17.2 Å². The first-order valence-corrected chi connectivity index (χ1v) is 4.38. The van der Waals surface area contributed by atoms with E-state index in [9.17, 15) is 4.79 Å². The van der Waals surface area contributed by atoms with Crippen molar-refractivity contribution >= 4 is 5.91 Å². The molecule has 0 aromatic heterocycles. The van der Waals surface area contributed by atoms with Crippen LogP contribution in [0.15, 0.2) is 0 Å². The van der Waals surface area contributed by atoms with Crippen molar-refractivity contribution in [1.82, 2.24) is 4.90 Å². The molecule has 66 valence electrons. The van der Waals surface area contributed by atoms with E-state index in [1.54, 1.807) is 4.90 Å². The van der Waals surface area contributed by atoms with Gasteiger partial charge in [0.05, 0.1) is 6.07 Å². The molecule has 3 nitrogen and oxygen atoms in total. The van der Waals surface area contributed by atoms with Gasteiger partial charge in [0.2, 0.25) is 5.91 Å². The fourth-order valence-corrected chi connectivity index (χ4v) is 1.60. The van der Waals surface area contributed by atoms with E-state index in [4.69, 9.17) is 5.26 Å². The zero-order chi connectivity index (χ0) is 8.97. The van der Waals surface area contributed by atoms with Crippen molar-refractivity contribution in [3.05, 3.63) is 0 Å². The van der Waals surface area contributed by atoms with Gasteiger partial charge in [0.1, 0.15) is 6.42 Å². The van der Waals surface area contributed by atoms with Crippen molar-refractivity contribution in [3.63, 3.8) is 0 Å². The quantitative estimate of drug-likeness (QED) is 0.586. The molecule has 1 heterocycles. The average Bonchev–Trinajstić information content (AvgIpc) is 2.05. The number of nitrogens with zero attached hydrogens (tertiary/aromatic N) is 2. The average molecular weight is 166 g/mol. The Bertz CT molecular complexity index is 207. The summed E-state index contributed by atoms with van der Waals surface area (Å²) < 4.78 is 0. The summed E-state index contributed by atoms with van der Waals surface area (Å²) in [5.41, 5.74) is 0. The van der Waals surface area contributed by atoms with Crippen LogP contribution < -0.4 is 0 Å². The Hall–Kier alpha value is -1.04. The molecule has 1 aliphatic heterocycles. The highest BCUT2D eigenvalue weighted by atomic mass is 16.2. The summed E-state index contributed by atoms with van der Waals surface area (Å²) in [4.78, 5) is 13.1. The molecule has 0 aromatic carbocycles. The van der Waals surface area contributed by atoms with Crippen LogP contribution in [-0.4, -0.2) is 23.9 Å². The Morgan fingerprint density at radius 1 is 1.75 bits per heavy atom. The van der Waals surface area contributed by atoms with Crippen LogP contribution >= 0.6 is 0 Å². The molecule has 1 atom stereocenters. The molecule has 1 amide bonds. The van der Waals surface area contributed by atoms with Gasteiger partial charge in [-0.3, -0.25) is 4.79 Å². The van der Waals surface area contributed by atoms with Crippen molar-refractivity contribution < 1.29 is 4.79 Å². The maximum Gasteiger partial charge on any atom is 0.236 e. The molecule has 1 saturated heterocycles. The van der Waals surface area contributed by atoms with Crippen molar-refractivity contribution in [3.8, 4) is 6.07 Å². The fraction of sp³-hybridized carbons (Fsp3) is 0.778. The normalized spacial score (nSPS) is 23.3. The minimum Gasteiger partial charge on any atom is -0.342 e. The summed E-state index contributed by atoms with van der Waals surface area (Å²) in [6, 6.07) is 1.89. The van der Waals surface area contributed by atoms with Crippen molar-refractivity contribution in [2.24, 2.45) is 5.92 Å². The second-order valence-corrected chi connectivity index (χ2v) is 3.42. The van der Waals surface area contributed by atoms with Crippen molar-refractivity contribution in [2.45, 2.75) is 26.2 Å². The SMILES string of the molecule is C[C@@H]1CCCN(C(=O)CC#N)C1. The smallest absolute Gasteiger partial charge is 0.236 e. The third kappa shape index (κ3) is 2.23. The van der Waals surface area contributed by atoms with Gasteiger partial charge >= 0.3 is 0 Å². The third-order valence-electron chi connectivity index (χ3n) is 2.24. The number of likely N-dealkylation sites (tertiary alicyclic amines) is 1. The Morgan fingerprint density at radius 2 is 2.50 bits per heavy atom. The molecule has 0 saturated carbocycles. The maximum absolute atomic E-state index is 11.2. The van der Waals surface area contributed by atoms with Gasteiger partial charge in [-0.1, -0.05) is 6.92 Å². The van der Waals surface area contributed by atoms with E-state index in [-0.39, 0.29) is 12.3 Å². The topological polar surface area (TPSA) is 44.1 Å². The highest BCUT2D eigenvalue weighted by Crippen LogP contribution is 2.15. The van der Waals surface area contributed by atoms with Crippen LogP contribution in [0.1, 0.15) is 26.2 Å². The van der Waals surface area contributed by atoms with E-state index in [1.807, 2.05) is 6.07 Å². The molecule has 12 heavy (non-hydrogen) atoms. The van der Waals surface area contributed by atoms with Crippen molar-refractivity contribution in [2.75, 3.05) is 13.1 Å². The molecule has 1 aliphatic rings. The van der Waals surface area contributed by atoms with E-state index >= 15 is 0 Å². The molecule has 0 spiro atoms. The highest BCUT2D eigenvalue weighted by Gasteiger charge is 2.19. The van der Waals surface area contributed by atoms with Crippen LogP contribution in [0.4, 0.5) is 0 Å². The van der Waals surface area contributed by atoms with Gasteiger partial charge in [0, 0.05) is 13.1 Å². The predicted molar refractivity (Wildman–Crippen MR) is 45.2 cm³/mol. The monoisotopic (exact) mass is 166 g/mol. The lowest BCUT2D eigenvalue weighted by atomic mass is 10.0. The van der Waals surface area contributed by atoms with Crippen LogP contribution in [-0.2, 0) is 4.79 Å². The fourth-order valence-electron chi connectivity index (χ4n) is 1.60. The molecule has 0 aromatic rings. The molecular formula is C9H14N2O. The molecule has 0 bridgehead atoms. The van der Waals surface area contributed by atoms with E-state index < -0.39 is 0 Å². The number of amides is 1. The number of carbonyl (C=O) groups excluding carboxylic acids is 1. The highest BCUT2D eigenvalue weighted by molar-refractivity contribution is 5.78. The van der Waals surface area contributed by atoms with E-state index in [1.165, 1.54) is 6.42 Å². The third-order valence-corrected chi connectivity index (χ3v) is 2.24. The lowest BCUT2D eigenvalue weighted by Gasteiger charge is -2.30. The zero-order valence-corrected chi connectivity index (χ0v) is 7.42. The first-order chi connectivity index (χ1) is 5.74. The van der Waals surface area contributed by atoms with E-state index in [0.29, 0.717) is 5.92 Å². The van der Waals surface area contributed by atoms with E-state index in [0.717, 1.165) is 19.5 Å². The van der Waals surface area contributed by atoms with Gasteiger partial charge in [-0.05, 0) is 18.8 Å². The van der Waals surface area contributed by atoms with Gasteiger partial charge in [0.15, 0.2) is 0 Å². The van der Waals surface area contributed by atoms with Gasteiger partial charge in [-0.15, -0.1) is 0 Å². The van der Waals surface area contributed by atoms with Gasteiger partial charge in [-0.25, -0.2) is 0 Å². The lowest BCUT2D eigenvalue weighted by molar-refractivity contribution is -0.131. The summed E-state index contributed by atoms with van der Waals surface area (Å²) in [7, 11) is 0. The van der Waals surface area contributed by atoms with Crippen LogP contribution in [0.2, 0.25) is 0 Å². The summed E-state index contributed by atoms with van der Waals surface area (Å²) in [5.74, 6) is 0.588. The molecule has 3 heteroatoms. The minimum absolute atomic E-state index is 0.0101. The number of piperidine rings is 1. The maximum atomic E-state index is 11.2. The van der Waals surface area contributed by atoms with Gasteiger partial charge in [-0.2, -0.15) is 5.26 Å². The van der Waals surface area contributed by atoms with Gasteiger partial charge in [0.25, 0.3) is 0 Å². The molecule has 0 radical (unpaired) electrons. The number of hydrogen-bond acceptors (Lipinski definition) is 2. The summed E-state index contributed by atoms with van der Waals surface area (Å²) >= 11 is 0. The second-order valence-electron chi connectivity index (χ2n) is 3.42. The lowest BCUT2D eigenvalue weighted by Crippen LogP contribution is -2.38. The molecule has 1 rings (SSSR count). The van der Waals surface area contributed by atoms with Crippen LogP contribution in [0.5, 0.6) is 0 Å². The first kappa shape index (κ1) is 9.05. The van der Waals surface area contributed by atoms with Gasteiger partial charge < -0.3 is 4.90 Å². The molecule has 0 aliphatic carbocycles. The van der Waals surface area contributed by atoms with E-state index in [2.05, 4.69) is 6.92 Å².